The summed E-state index contributed by atoms with van der Waals surface area (Å²) in [5.74, 6) is 1.29. The van der Waals surface area contributed by atoms with Crippen LogP contribution in [0.5, 0.6) is 0 Å². The van der Waals surface area contributed by atoms with Crippen molar-refractivity contribution in [3.63, 3.8) is 0 Å². The first kappa shape index (κ1) is 11.3. The van der Waals surface area contributed by atoms with Crippen LogP contribution in [0.3, 0.4) is 0 Å². The highest BCUT2D eigenvalue weighted by Crippen LogP contribution is 2.58. The van der Waals surface area contributed by atoms with Gasteiger partial charge in [-0.05, 0) is 31.1 Å². The summed E-state index contributed by atoms with van der Waals surface area (Å²) in [5, 5.41) is 4.95. The van der Waals surface area contributed by atoms with E-state index in [0.717, 1.165) is 0 Å². The summed E-state index contributed by atoms with van der Waals surface area (Å²) in [4.78, 5) is 37.3. The summed E-state index contributed by atoms with van der Waals surface area (Å²) in [6, 6.07) is -0.442. The van der Waals surface area contributed by atoms with E-state index in [9.17, 15) is 14.4 Å². The summed E-state index contributed by atoms with van der Waals surface area (Å²) in [6.07, 6.45) is 4.13. The minimum Gasteiger partial charge on any atom is -0.339 e. The first-order valence-corrected chi connectivity index (χ1v) is 7.03. The van der Waals surface area contributed by atoms with E-state index >= 15 is 0 Å². The van der Waals surface area contributed by atoms with Crippen LogP contribution < -0.4 is 10.6 Å². The monoisotopic (exact) mass is 263 g/mol. The van der Waals surface area contributed by atoms with E-state index in [0.29, 0.717) is 31.3 Å². The number of rotatable bonds is 1. The molecule has 2 saturated heterocycles. The molecule has 4 rings (SSSR count). The minimum atomic E-state index is -0.864. The molecule has 2 aliphatic carbocycles. The third kappa shape index (κ3) is 1.45. The molecular formula is C13H17N3O3. The van der Waals surface area contributed by atoms with Gasteiger partial charge >= 0.3 is 6.03 Å². The molecule has 1 spiro atoms. The summed E-state index contributed by atoms with van der Waals surface area (Å²) < 4.78 is 0. The molecule has 2 heterocycles. The number of hydrogen-bond donors (Lipinski definition) is 2. The number of imide groups is 1. The Morgan fingerprint density at radius 1 is 1.26 bits per heavy atom. The molecule has 3 atom stereocenters. The molecule has 0 aromatic rings. The Labute approximate surface area is 110 Å². The van der Waals surface area contributed by atoms with Crippen molar-refractivity contribution in [2.75, 3.05) is 13.1 Å². The van der Waals surface area contributed by atoms with Crippen LogP contribution in [0.25, 0.3) is 0 Å². The SMILES string of the molecule is O=C1NC(=O)C2(CCN(C(=O)C3C4CCCC43)C2)N1. The molecule has 4 fully saturated rings. The van der Waals surface area contributed by atoms with Crippen LogP contribution in [0.1, 0.15) is 25.7 Å². The number of nitrogens with zero attached hydrogens (tertiary/aromatic N) is 1. The van der Waals surface area contributed by atoms with Crippen molar-refractivity contribution in [1.29, 1.82) is 0 Å². The number of carbonyl (C=O) groups excluding carboxylic acids is 3. The number of carbonyl (C=O) groups is 3. The first-order chi connectivity index (χ1) is 9.11. The van der Waals surface area contributed by atoms with Gasteiger partial charge in [-0.2, -0.15) is 0 Å². The zero-order valence-corrected chi connectivity index (χ0v) is 10.6. The van der Waals surface area contributed by atoms with Gasteiger partial charge < -0.3 is 10.2 Å². The second kappa shape index (κ2) is 3.49. The van der Waals surface area contributed by atoms with Crippen molar-refractivity contribution in [2.24, 2.45) is 17.8 Å². The molecule has 102 valence electrons. The molecule has 6 heteroatoms. The standard InChI is InChI=1S/C13H17N3O3/c17-10(9-7-2-1-3-8(7)9)16-5-4-13(6-16)11(18)14-12(19)15-13/h7-9H,1-6H2,(H2,14,15,18,19). The molecule has 0 bridgehead atoms. The second-order valence-corrected chi connectivity index (χ2v) is 6.28. The van der Waals surface area contributed by atoms with Crippen LogP contribution in [0, 0.1) is 17.8 Å². The van der Waals surface area contributed by atoms with Gasteiger partial charge in [0.2, 0.25) is 5.91 Å². The summed E-state index contributed by atoms with van der Waals surface area (Å²) in [5.41, 5.74) is -0.864. The van der Waals surface area contributed by atoms with E-state index in [1.807, 2.05) is 0 Å². The molecule has 3 unspecified atom stereocenters. The second-order valence-electron chi connectivity index (χ2n) is 6.28. The quantitative estimate of drug-likeness (QED) is 0.645. The van der Waals surface area contributed by atoms with Gasteiger partial charge in [-0.15, -0.1) is 0 Å². The topological polar surface area (TPSA) is 78.5 Å². The van der Waals surface area contributed by atoms with Crippen molar-refractivity contribution in [2.45, 2.75) is 31.2 Å². The van der Waals surface area contributed by atoms with E-state index in [2.05, 4.69) is 10.6 Å². The number of likely N-dealkylation sites (tertiary alicyclic amines) is 1. The number of hydrogen-bond acceptors (Lipinski definition) is 3. The Kier molecular flexibility index (Phi) is 2.07. The highest BCUT2D eigenvalue weighted by atomic mass is 16.2. The normalized spacial score (nSPS) is 43.4. The lowest BCUT2D eigenvalue weighted by molar-refractivity contribution is -0.132. The van der Waals surface area contributed by atoms with Crippen molar-refractivity contribution in [1.82, 2.24) is 15.5 Å². The smallest absolute Gasteiger partial charge is 0.322 e. The van der Waals surface area contributed by atoms with E-state index in [-0.39, 0.29) is 17.7 Å². The van der Waals surface area contributed by atoms with Crippen molar-refractivity contribution in [3.8, 4) is 0 Å². The predicted molar refractivity (Wildman–Crippen MR) is 64.9 cm³/mol. The third-order valence-corrected chi connectivity index (χ3v) is 5.29. The van der Waals surface area contributed by atoms with Crippen LogP contribution in [0.15, 0.2) is 0 Å². The molecule has 2 saturated carbocycles. The fourth-order valence-electron chi connectivity index (χ4n) is 4.21. The highest BCUT2D eigenvalue weighted by Gasteiger charge is 2.60. The van der Waals surface area contributed by atoms with Gasteiger partial charge in [0.25, 0.3) is 5.91 Å². The van der Waals surface area contributed by atoms with E-state index in [4.69, 9.17) is 0 Å². The average molecular weight is 263 g/mol. The van der Waals surface area contributed by atoms with Crippen LogP contribution in [-0.4, -0.2) is 41.4 Å². The highest BCUT2D eigenvalue weighted by molar-refractivity contribution is 6.07. The van der Waals surface area contributed by atoms with Gasteiger partial charge in [0, 0.05) is 12.5 Å². The van der Waals surface area contributed by atoms with Gasteiger partial charge in [-0.1, -0.05) is 6.42 Å². The van der Waals surface area contributed by atoms with Crippen LogP contribution in [0.4, 0.5) is 4.79 Å². The molecule has 4 aliphatic rings. The van der Waals surface area contributed by atoms with Gasteiger partial charge in [-0.25, -0.2) is 4.79 Å². The molecule has 6 nitrogen and oxygen atoms in total. The van der Waals surface area contributed by atoms with Gasteiger partial charge in [0.15, 0.2) is 0 Å². The van der Waals surface area contributed by atoms with Crippen molar-refractivity contribution >= 4 is 17.8 Å². The zero-order chi connectivity index (χ0) is 13.2. The lowest BCUT2D eigenvalue weighted by atomic mass is 9.99. The Morgan fingerprint density at radius 3 is 2.63 bits per heavy atom. The molecular weight excluding hydrogens is 246 g/mol. The number of fused-ring (bicyclic) bond motifs is 1. The Hall–Kier alpha value is -1.59. The maximum Gasteiger partial charge on any atom is 0.322 e. The van der Waals surface area contributed by atoms with Crippen LogP contribution in [-0.2, 0) is 9.59 Å². The Morgan fingerprint density at radius 2 is 2.00 bits per heavy atom. The molecule has 4 amide bonds. The summed E-state index contributed by atoms with van der Waals surface area (Å²) >= 11 is 0. The Bertz CT molecular complexity index is 482. The third-order valence-electron chi connectivity index (χ3n) is 5.29. The molecule has 0 aromatic heterocycles. The molecule has 19 heavy (non-hydrogen) atoms. The fourth-order valence-corrected chi connectivity index (χ4v) is 4.21. The fraction of sp³-hybridized carbons (Fsp3) is 0.769. The van der Waals surface area contributed by atoms with Gasteiger partial charge in [-0.3, -0.25) is 14.9 Å². The van der Waals surface area contributed by atoms with Crippen LogP contribution in [0.2, 0.25) is 0 Å². The minimum absolute atomic E-state index is 0.195. The zero-order valence-electron chi connectivity index (χ0n) is 10.6. The number of urea groups is 1. The number of nitrogens with one attached hydrogen (secondary N) is 2. The molecule has 0 aromatic carbocycles. The number of amides is 4. The van der Waals surface area contributed by atoms with E-state index in [1.54, 1.807) is 4.90 Å². The van der Waals surface area contributed by atoms with Crippen molar-refractivity contribution < 1.29 is 14.4 Å². The average Bonchev–Trinajstić information content (AvgIpc) is 2.79. The molecule has 0 radical (unpaired) electrons. The van der Waals surface area contributed by atoms with Crippen molar-refractivity contribution in [3.05, 3.63) is 0 Å². The maximum atomic E-state index is 12.4. The lowest BCUT2D eigenvalue weighted by Gasteiger charge is -2.21. The molecule has 2 aliphatic heterocycles. The Balaban J connectivity index is 1.46. The van der Waals surface area contributed by atoms with E-state index in [1.165, 1.54) is 19.3 Å². The largest absolute Gasteiger partial charge is 0.339 e. The lowest BCUT2D eigenvalue weighted by Crippen LogP contribution is -2.49. The summed E-state index contributed by atoms with van der Waals surface area (Å²) in [7, 11) is 0. The van der Waals surface area contributed by atoms with E-state index < -0.39 is 11.6 Å². The predicted octanol–water partition coefficient (Wildman–Crippen LogP) is -0.157. The molecule has 2 N–H and O–H groups in total. The van der Waals surface area contributed by atoms with Gasteiger partial charge in [0.05, 0.1) is 6.54 Å². The first-order valence-electron chi connectivity index (χ1n) is 7.03. The maximum absolute atomic E-state index is 12.4. The summed E-state index contributed by atoms with van der Waals surface area (Å²) in [6.45, 7) is 0.905. The van der Waals surface area contributed by atoms with Crippen LogP contribution >= 0.6 is 0 Å². The van der Waals surface area contributed by atoms with Gasteiger partial charge in [0.1, 0.15) is 5.54 Å².